The van der Waals surface area contributed by atoms with Crippen LogP contribution >= 0.6 is 11.5 Å². The van der Waals surface area contributed by atoms with Crippen molar-refractivity contribution in [2.75, 3.05) is 24.5 Å². The molecule has 6 heteroatoms. The minimum atomic E-state index is -0.0202. The number of anilines is 1. The summed E-state index contributed by atoms with van der Waals surface area (Å²) in [5.74, 6) is 1.36. The van der Waals surface area contributed by atoms with Crippen LogP contribution in [-0.2, 0) is 5.41 Å². The van der Waals surface area contributed by atoms with E-state index >= 15 is 0 Å². The quantitative estimate of drug-likeness (QED) is 0.909. The zero-order chi connectivity index (χ0) is 17.9. The number of piperidine rings is 1. The van der Waals surface area contributed by atoms with Crippen molar-refractivity contribution in [2.24, 2.45) is 5.92 Å². The molecule has 0 spiro atoms. The standard InChI is InChI=1S/C19H26N4OS/c1-19(2,3)17-21-18(25-22-17)23-11-7-8-14(13-23)12-20-16(24)15-9-5-4-6-10-15/h4-6,9-10,14H,7-8,11-13H2,1-3H3,(H,20,24). The van der Waals surface area contributed by atoms with Crippen LogP contribution in [-0.4, -0.2) is 34.9 Å². The highest BCUT2D eigenvalue weighted by molar-refractivity contribution is 7.09. The molecule has 5 nitrogen and oxygen atoms in total. The van der Waals surface area contributed by atoms with Crippen molar-refractivity contribution in [1.82, 2.24) is 14.7 Å². The molecule has 0 bridgehead atoms. The topological polar surface area (TPSA) is 58.1 Å². The van der Waals surface area contributed by atoms with Crippen molar-refractivity contribution < 1.29 is 4.79 Å². The number of benzene rings is 1. The van der Waals surface area contributed by atoms with Crippen molar-refractivity contribution in [3.63, 3.8) is 0 Å². The summed E-state index contributed by atoms with van der Waals surface area (Å²) in [6, 6.07) is 9.39. The van der Waals surface area contributed by atoms with Crippen LogP contribution in [0.4, 0.5) is 5.13 Å². The molecule has 1 unspecified atom stereocenters. The highest BCUT2D eigenvalue weighted by Crippen LogP contribution is 2.28. The molecule has 1 N–H and O–H groups in total. The van der Waals surface area contributed by atoms with E-state index in [2.05, 4.69) is 35.4 Å². The monoisotopic (exact) mass is 358 g/mol. The molecule has 1 aliphatic rings. The number of carbonyl (C=O) groups excluding carboxylic acids is 1. The number of rotatable bonds is 4. The summed E-state index contributed by atoms with van der Waals surface area (Å²) in [7, 11) is 0. The first-order chi connectivity index (χ1) is 11.9. The van der Waals surface area contributed by atoms with Crippen molar-refractivity contribution in [1.29, 1.82) is 0 Å². The largest absolute Gasteiger partial charge is 0.352 e. The predicted molar refractivity (Wildman–Crippen MR) is 102 cm³/mol. The third-order valence-electron chi connectivity index (χ3n) is 4.46. The molecule has 1 aromatic carbocycles. The predicted octanol–water partition coefficient (Wildman–Crippen LogP) is 3.48. The Hall–Kier alpha value is -1.95. The van der Waals surface area contributed by atoms with E-state index in [1.54, 1.807) is 0 Å². The van der Waals surface area contributed by atoms with Crippen LogP contribution in [0.15, 0.2) is 30.3 Å². The number of aromatic nitrogens is 2. The first-order valence-corrected chi connectivity index (χ1v) is 9.63. The third-order valence-corrected chi connectivity index (χ3v) is 5.24. The Balaban J connectivity index is 1.56. The Bertz CT molecular complexity index is 708. The summed E-state index contributed by atoms with van der Waals surface area (Å²) in [5.41, 5.74) is 0.697. The van der Waals surface area contributed by atoms with Gasteiger partial charge in [0.1, 0.15) is 5.82 Å². The zero-order valence-corrected chi connectivity index (χ0v) is 16.0. The van der Waals surface area contributed by atoms with Gasteiger partial charge in [-0.05, 0) is 30.9 Å². The normalized spacial score (nSPS) is 18.2. The highest BCUT2D eigenvalue weighted by atomic mass is 32.1. The molecule has 1 atom stereocenters. The van der Waals surface area contributed by atoms with E-state index in [0.29, 0.717) is 18.0 Å². The van der Waals surface area contributed by atoms with Crippen molar-refractivity contribution in [2.45, 2.75) is 39.0 Å². The van der Waals surface area contributed by atoms with E-state index in [0.717, 1.165) is 36.9 Å². The molecule has 0 aliphatic carbocycles. The van der Waals surface area contributed by atoms with E-state index in [4.69, 9.17) is 4.98 Å². The van der Waals surface area contributed by atoms with Gasteiger partial charge in [0, 0.05) is 42.1 Å². The Labute approximate surface area is 153 Å². The molecule has 3 rings (SSSR count). The van der Waals surface area contributed by atoms with Crippen LogP contribution in [0.3, 0.4) is 0 Å². The first kappa shape index (κ1) is 17.9. The number of hydrogen-bond acceptors (Lipinski definition) is 5. The third kappa shape index (κ3) is 4.57. The van der Waals surface area contributed by atoms with E-state index in [1.165, 1.54) is 11.5 Å². The summed E-state index contributed by atoms with van der Waals surface area (Å²) in [6.07, 6.45) is 2.26. The summed E-state index contributed by atoms with van der Waals surface area (Å²) in [5, 5.41) is 4.08. The van der Waals surface area contributed by atoms with Gasteiger partial charge in [-0.1, -0.05) is 39.0 Å². The Morgan fingerprint density at radius 3 is 2.76 bits per heavy atom. The van der Waals surface area contributed by atoms with E-state index in [1.807, 2.05) is 30.3 Å². The first-order valence-electron chi connectivity index (χ1n) is 8.86. The summed E-state index contributed by atoms with van der Waals surface area (Å²) in [6.45, 7) is 9.05. The molecule has 134 valence electrons. The maximum absolute atomic E-state index is 12.2. The van der Waals surface area contributed by atoms with E-state index < -0.39 is 0 Å². The molecule has 2 heterocycles. The van der Waals surface area contributed by atoms with Gasteiger partial charge in [0.15, 0.2) is 0 Å². The van der Waals surface area contributed by atoms with Gasteiger partial charge in [0.25, 0.3) is 5.91 Å². The van der Waals surface area contributed by atoms with E-state index in [9.17, 15) is 4.79 Å². The van der Waals surface area contributed by atoms with Crippen molar-refractivity contribution in [3.05, 3.63) is 41.7 Å². The van der Waals surface area contributed by atoms with Crippen LogP contribution in [0.25, 0.3) is 0 Å². The van der Waals surface area contributed by atoms with Gasteiger partial charge in [0.2, 0.25) is 5.13 Å². The fourth-order valence-electron chi connectivity index (χ4n) is 2.98. The Morgan fingerprint density at radius 2 is 2.08 bits per heavy atom. The molecule has 0 radical (unpaired) electrons. The number of nitrogens with one attached hydrogen (secondary N) is 1. The average molecular weight is 359 g/mol. The van der Waals surface area contributed by atoms with Gasteiger partial charge in [0.05, 0.1) is 0 Å². The van der Waals surface area contributed by atoms with Crippen LogP contribution < -0.4 is 10.2 Å². The maximum atomic E-state index is 12.2. The van der Waals surface area contributed by atoms with Crippen molar-refractivity contribution >= 4 is 22.6 Å². The van der Waals surface area contributed by atoms with Gasteiger partial charge in [-0.15, -0.1) is 0 Å². The van der Waals surface area contributed by atoms with E-state index in [-0.39, 0.29) is 11.3 Å². The lowest BCUT2D eigenvalue weighted by Gasteiger charge is -2.32. The lowest BCUT2D eigenvalue weighted by Crippen LogP contribution is -2.41. The molecule has 2 aromatic rings. The highest BCUT2D eigenvalue weighted by Gasteiger charge is 2.25. The summed E-state index contributed by atoms with van der Waals surface area (Å²) in [4.78, 5) is 19.3. The second kappa shape index (κ2) is 7.52. The second-order valence-electron chi connectivity index (χ2n) is 7.68. The fraction of sp³-hybridized carbons (Fsp3) is 0.526. The minimum absolute atomic E-state index is 0.00339. The molecular formula is C19H26N4OS. The molecule has 25 heavy (non-hydrogen) atoms. The molecule has 1 amide bonds. The molecule has 1 fully saturated rings. The molecule has 1 aromatic heterocycles. The van der Waals surface area contributed by atoms with Gasteiger partial charge >= 0.3 is 0 Å². The van der Waals surface area contributed by atoms with Gasteiger partial charge in [-0.3, -0.25) is 4.79 Å². The van der Waals surface area contributed by atoms with Gasteiger partial charge in [-0.2, -0.15) is 4.37 Å². The Morgan fingerprint density at radius 1 is 1.32 bits per heavy atom. The van der Waals surface area contributed by atoms with Crippen molar-refractivity contribution in [3.8, 4) is 0 Å². The van der Waals surface area contributed by atoms with Gasteiger partial charge in [-0.25, -0.2) is 4.98 Å². The van der Waals surface area contributed by atoms with Gasteiger partial charge < -0.3 is 10.2 Å². The lowest BCUT2D eigenvalue weighted by molar-refractivity contribution is 0.0945. The molecule has 1 aliphatic heterocycles. The lowest BCUT2D eigenvalue weighted by atomic mass is 9.96. The Kier molecular flexibility index (Phi) is 5.37. The fourth-order valence-corrected chi connectivity index (χ4v) is 3.87. The smallest absolute Gasteiger partial charge is 0.251 e. The summed E-state index contributed by atoms with van der Waals surface area (Å²) < 4.78 is 4.52. The average Bonchev–Trinajstić information content (AvgIpc) is 3.11. The summed E-state index contributed by atoms with van der Waals surface area (Å²) >= 11 is 1.48. The number of carbonyl (C=O) groups is 1. The maximum Gasteiger partial charge on any atom is 0.251 e. The minimum Gasteiger partial charge on any atom is -0.352 e. The SMILES string of the molecule is CC(C)(C)c1nsc(N2CCCC(CNC(=O)c3ccccc3)C2)n1. The number of amides is 1. The van der Waals surface area contributed by atoms with Crippen LogP contribution in [0.1, 0.15) is 49.8 Å². The molecular weight excluding hydrogens is 332 g/mol. The van der Waals surface area contributed by atoms with Crippen LogP contribution in [0.2, 0.25) is 0 Å². The number of hydrogen-bond donors (Lipinski definition) is 1. The zero-order valence-electron chi connectivity index (χ0n) is 15.2. The molecule has 1 saturated heterocycles. The molecule has 0 saturated carbocycles. The number of nitrogens with zero attached hydrogens (tertiary/aromatic N) is 3. The second-order valence-corrected chi connectivity index (χ2v) is 8.41. The van der Waals surface area contributed by atoms with Crippen LogP contribution in [0, 0.1) is 5.92 Å². The van der Waals surface area contributed by atoms with Crippen LogP contribution in [0.5, 0.6) is 0 Å².